The van der Waals surface area contributed by atoms with Crippen LogP contribution in [0.1, 0.15) is 10.4 Å². The first kappa shape index (κ1) is 18.2. The third-order valence-electron chi connectivity index (χ3n) is 2.39. The number of amides is 2. The summed E-state index contributed by atoms with van der Waals surface area (Å²) in [6.07, 6.45) is -4.49. The lowest BCUT2D eigenvalue weighted by molar-refractivity contribution is -0.174. The van der Waals surface area contributed by atoms with Gasteiger partial charge in [0.1, 0.15) is 13.2 Å². The zero-order chi connectivity index (χ0) is 16.9. The number of halogens is 4. The van der Waals surface area contributed by atoms with E-state index in [2.05, 4.69) is 10.1 Å². The summed E-state index contributed by atoms with van der Waals surface area (Å²) in [4.78, 5) is 24.6. The van der Waals surface area contributed by atoms with E-state index in [9.17, 15) is 22.8 Å². The molecule has 0 aliphatic carbocycles. The number of hydrogen-bond acceptors (Lipinski definition) is 3. The van der Waals surface area contributed by atoms with Gasteiger partial charge in [-0.3, -0.25) is 9.59 Å². The molecule has 5 nitrogen and oxygen atoms in total. The van der Waals surface area contributed by atoms with E-state index in [1.165, 1.54) is 37.2 Å². The van der Waals surface area contributed by atoms with Crippen LogP contribution in [0.5, 0.6) is 0 Å². The van der Waals surface area contributed by atoms with Crippen molar-refractivity contribution in [2.24, 2.45) is 0 Å². The van der Waals surface area contributed by atoms with Crippen LogP contribution in [0.2, 0.25) is 5.02 Å². The largest absolute Gasteiger partial charge is 0.411 e. The van der Waals surface area contributed by atoms with E-state index in [-0.39, 0.29) is 22.2 Å². The fourth-order valence-electron chi connectivity index (χ4n) is 1.46. The molecule has 22 heavy (non-hydrogen) atoms. The van der Waals surface area contributed by atoms with Gasteiger partial charge in [0, 0.05) is 19.8 Å². The summed E-state index contributed by atoms with van der Waals surface area (Å²) in [5.74, 6) is -1.13. The zero-order valence-corrected chi connectivity index (χ0v) is 12.6. The average molecular weight is 339 g/mol. The van der Waals surface area contributed by atoms with Gasteiger partial charge in [-0.1, -0.05) is 11.6 Å². The molecule has 0 fully saturated rings. The van der Waals surface area contributed by atoms with E-state index in [1.807, 2.05) is 0 Å². The smallest absolute Gasteiger partial charge is 0.362 e. The number of anilines is 1. The molecule has 0 aliphatic rings. The maximum absolute atomic E-state index is 11.9. The van der Waals surface area contributed by atoms with Crippen LogP contribution in [-0.4, -0.2) is 50.2 Å². The van der Waals surface area contributed by atoms with Crippen molar-refractivity contribution in [3.05, 3.63) is 28.8 Å². The van der Waals surface area contributed by atoms with Crippen LogP contribution in [0.3, 0.4) is 0 Å². The number of carbonyl (C=O) groups is 2. The summed E-state index contributed by atoms with van der Waals surface area (Å²) in [5.41, 5.74) is 0.399. The van der Waals surface area contributed by atoms with Gasteiger partial charge in [0.05, 0.1) is 10.6 Å². The fraction of sp³-hybridized carbons (Fsp3) is 0.385. The number of ether oxygens (including phenoxy) is 1. The van der Waals surface area contributed by atoms with Gasteiger partial charge in [0.2, 0.25) is 5.91 Å². The van der Waals surface area contributed by atoms with Crippen LogP contribution in [0.25, 0.3) is 0 Å². The first-order valence-corrected chi connectivity index (χ1v) is 6.43. The van der Waals surface area contributed by atoms with E-state index < -0.39 is 25.3 Å². The normalized spacial score (nSPS) is 11.2. The Morgan fingerprint density at radius 2 is 1.95 bits per heavy atom. The molecule has 2 amide bonds. The minimum absolute atomic E-state index is 0.167. The molecule has 0 heterocycles. The minimum Gasteiger partial charge on any atom is -0.362 e. The summed E-state index contributed by atoms with van der Waals surface area (Å²) in [6, 6.07) is 4.17. The second-order valence-corrected chi connectivity index (χ2v) is 4.96. The van der Waals surface area contributed by atoms with Crippen molar-refractivity contribution in [1.82, 2.24) is 4.90 Å². The molecule has 1 aromatic carbocycles. The van der Waals surface area contributed by atoms with E-state index in [4.69, 9.17) is 11.6 Å². The number of hydrogen-bond donors (Lipinski definition) is 1. The van der Waals surface area contributed by atoms with Gasteiger partial charge in [-0.05, 0) is 18.2 Å². The van der Waals surface area contributed by atoms with Crippen molar-refractivity contribution < 1.29 is 27.5 Å². The Morgan fingerprint density at radius 1 is 1.32 bits per heavy atom. The van der Waals surface area contributed by atoms with Crippen molar-refractivity contribution >= 4 is 29.1 Å². The van der Waals surface area contributed by atoms with Crippen LogP contribution in [0.15, 0.2) is 18.2 Å². The monoisotopic (exact) mass is 338 g/mol. The number of benzene rings is 1. The fourth-order valence-corrected chi connectivity index (χ4v) is 1.66. The molecule has 0 atom stereocenters. The Hall–Kier alpha value is -1.80. The van der Waals surface area contributed by atoms with Crippen LogP contribution in [0.4, 0.5) is 18.9 Å². The molecule has 0 radical (unpaired) electrons. The Labute approximate surface area is 130 Å². The lowest BCUT2D eigenvalue weighted by Gasteiger charge is -2.13. The highest BCUT2D eigenvalue weighted by Crippen LogP contribution is 2.21. The molecule has 0 bridgehead atoms. The van der Waals surface area contributed by atoms with E-state index in [0.29, 0.717) is 0 Å². The molecule has 0 unspecified atom stereocenters. The highest BCUT2D eigenvalue weighted by molar-refractivity contribution is 6.34. The second-order valence-electron chi connectivity index (χ2n) is 4.55. The van der Waals surface area contributed by atoms with Crippen molar-refractivity contribution in [1.29, 1.82) is 0 Å². The maximum atomic E-state index is 11.9. The van der Waals surface area contributed by atoms with E-state index in [0.717, 1.165) is 0 Å². The van der Waals surface area contributed by atoms with Gasteiger partial charge in [-0.15, -0.1) is 0 Å². The molecule has 0 saturated heterocycles. The number of alkyl halides is 3. The molecule has 1 rings (SSSR count). The van der Waals surface area contributed by atoms with Gasteiger partial charge in [0.15, 0.2) is 0 Å². The van der Waals surface area contributed by atoms with Crippen molar-refractivity contribution in [3.63, 3.8) is 0 Å². The van der Waals surface area contributed by atoms with Gasteiger partial charge in [0.25, 0.3) is 5.91 Å². The summed E-state index contributed by atoms with van der Waals surface area (Å²) in [7, 11) is 3.07. The van der Waals surface area contributed by atoms with Crippen molar-refractivity contribution in [2.75, 3.05) is 32.6 Å². The lowest BCUT2D eigenvalue weighted by atomic mass is 10.1. The molecule has 0 aliphatic heterocycles. The standard InChI is InChI=1S/C13H14ClF3N2O3/c1-19(2)12(21)9-5-8(3-4-10(9)14)18-11(20)6-22-7-13(15,16)17/h3-5H,6-7H2,1-2H3,(H,18,20). The lowest BCUT2D eigenvalue weighted by Crippen LogP contribution is -2.24. The number of nitrogens with zero attached hydrogens (tertiary/aromatic N) is 1. The predicted octanol–water partition coefficient (Wildman–Crippen LogP) is 2.56. The van der Waals surface area contributed by atoms with Gasteiger partial charge >= 0.3 is 6.18 Å². The number of rotatable bonds is 5. The van der Waals surface area contributed by atoms with Crippen LogP contribution < -0.4 is 5.32 Å². The Kier molecular flexibility index (Phi) is 6.19. The van der Waals surface area contributed by atoms with Gasteiger partial charge in [-0.25, -0.2) is 0 Å². The summed E-state index contributed by atoms with van der Waals surface area (Å²) < 4.78 is 39.9. The minimum atomic E-state index is -4.49. The summed E-state index contributed by atoms with van der Waals surface area (Å²) in [5, 5.41) is 2.53. The first-order chi connectivity index (χ1) is 10.1. The molecular weight excluding hydrogens is 325 g/mol. The summed E-state index contributed by atoms with van der Waals surface area (Å²) in [6.45, 7) is -2.26. The molecule has 0 spiro atoms. The topological polar surface area (TPSA) is 58.6 Å². The third-order valence-corrected chi connectivity index (χ3v) is 2.72. The highest BCUT2D eigenvalue weighted by atomic mass is 35.5. The number of nitrogens with one attached hydrogen (secondary N) is 1. The van der Waals surface area contributed by atoms with E-state index >= 15 is 0 Å². The Balaban J connectivity index is 2.68. The molecule has 9 heteroatoms. The van der Waals surface area contributed by atoms with Gasteiger partial charge in [-0.2, -0.15) is 13.2 Å². The SMILES string of the molecule is CN(C)C(=O)c1cc(NC(=O)COCC(F)(F)F)ccc1Cl. The maximum Gasteiger partial charge on any atom is 0.411 e. The predicted molar refractivity (Wildman–Crippen MR) is 75.0 cm³/mol. The van der Waals surface area contributed by atoms with Crippen molar-refractivity contribution in [2.45, 2.75) is 6.18 Å². The highest BCUT2D eigenvalue weighted by Gasteiger charge is 2.27. The van der Waals surface area contributed by atoms with Crippen LogP contribution >= 0.6 is 11.6 Å². The summed E-state index contributed by atoms with van der Waals surface area (Å²) >= 11 is 5.90. The van der Waals surface area contributed by atoms with Gasteiger partial charge < -0.3 is 15.0 Å². The van der Waals surface area contributed by atoms with Crippen LogP contribution in [-0.2, 0) is 9.53 Å². The average Bonchev–Trinajstić information content (AvgIpc) is 2.38. The molecule has 0 aromatic heterocycles. The second kappa shape index (κ2) is 7.46. The quantitative estimate of drug-likeness (QED) is 0.897. The molecule has 1 N–H and O–H groups in total. The molecule has 122 valence electrons. The molecule has 1 aromatic rings. The Morgan fingerprint density at radius 3 is 2.50 bits per heavy atom. The number of carbonyl (C=O) groups excluding carboxylic acids is 2. The van der Waals surface area contributed by atoms with Crippen molar-refractivity contribution in [3.8, 4) is 0 Å². The van der Waals surface area contributed by atoms with Crippen LogP contribution in [0, 0.1) is 0 Å². The Bertz CT molecular complexity index is 562. The first-order valence-electron chi connectivity index (χ1n) is 6.05. The molecule has 0 saturated carbocycles. The zero-order valence-electron chi connectivity index (χ0n) is 11.8. The van der Waals surface area contributed by atoms with E-state index in [1.54, 1.807) is 0 Å². The third kappa shape index (κ3) is 5.90. The molecular formula is C13H14ClF3N2O3.